The fourth-order valence-corrected chi connectivity index (χ4v) is 4.68. The number of sulfonamides is 1. The van der Waals surface area contributed by atoms with Crippen LogP contribution in [0, 0.1) is 12.7 Å². The zero-order valence-electron chi connectivity index (χ0n) is 13.5. The van der Waals surface area contributed by atoms with Crippen LogP contribution in [-0.4, -0.2) is 43.7 Å². The van der Waals surface area contributed by atoms with Crippen molar-refractivity contribution in [3.05, 3.63) is 41.2 Å². The normalized spacial score (nSPS) is 22.6. The third-order valence-corrected chi connectivity index (χ3v) is 6.06. The summed E-state index contributed by atoms with van der Waals surface area (Å²) in [6.07, 6.45) is 1.51. The molecular formula is C16H18FNO6S. The minimum atomic E-state index is -4.04. The molecule has 1 aliphatic carbocycles. The van der Waals surface area contributed by atoms with Crippen LogP contribution < -0.4 is 4.72 Å². The van der Waals surface area contributed by atoms with Gasteiger partial charge >= 0.3 is 5.97 Å². The summed E-state index contributed by atoms with van der Waals surface area (Å²) in [6, 6.07) is 3.64. The van der Waals surface area contributed by atoms with Gasteiger partial charge in [0.15, 0.2) is 5.79 Å². The van der Waals surface area contributed by atoms with E-state index < -0.39 is 32.8 Å². The first kappa shape index (κ1) is 17.8. The SMILES string of the molecule is Cc1cc(F)ccc1NS(=O)(=O)C1CCC2(C=C1C(=O)O)OCCO2. The molecule has 0 bridgehead atoms. The van der Waals surface area contributed by atoms with Gasteiger partial charge in [-0.1, -0.05) is 0 Å². The van der Waals surface area contributed by atoms with Crippen molar-refractivity contribution < 1.29 is 32.2 Å². The first-order chi connectivity index (χ1) is 11.7. The Labute approximate surface area is 144 Å². The number of anilines is 1. The molecule has 136 valence electrons. The van der Waals surface area contributed by atoms with E-state index in [4.69, 9.17) is 9.47 Å². The summed E-state index contributed by atoms with van der Waals surface area (Å²) in [5.41, 5.74) is 0.319. The van der Waals surface area contributed by atoms with E-state index in [0.29, 0.717) is 18.8 Å². The molecule has 1 spiro atoms. The zero-order chi connectivity index (χ0) is 18.2. The van der Waals surface area contributed by atoms with Gasteiger partial charge in [-0.3, -0.25) is 4.72 Å². The van der Waals surface area contributed by atoms with E-state index in [2.05, 4.69) is 4.72 Å². The highest BCUT2D eigenvalue weighted by Crippen LogP contribution is 2.37. The second-order valence-electron chi connectivity index (χ2n) is 6.05. The van der Waals surface area contributed by atoms with E-state index in [1.54, 1.807) is 6.92 Å². The van der Waals surface area contributed by atoms with Crippen molar-refractivity contribution in [1.82, 2.24) is 0 Å². The Morgan fingerprint density at radius 1 is 1.36 bits per heavy atom. The van der Waals surface area contributed by atoms with E-state index in [1.165, 1.54) is 18.2 Å². The lowest BCUT2D eigenvalue weighted by Crippen LogP contribution is -2.41. The van der Waals surface area contributed by atoms with Gasteiger partial charge < -0.3 is 14.6 Å². The molecule has 0 aromatic heterocycles. The fourth-order valence-electron chi connectivity index (χ4n) is 3.08. The van der Waals surface area contributed by atoms with Gasteiger partial charge in [-0.25, -0.2) is 17.6 Å². The number of aryl methyl sites for hydroxylation is 1. The van der Waals surface area contributed by atoms with Crippen LogP contribution in [0.3, 0.4) is 0 Å². The zero-order valence-corrected chi connectivity index (χ0v) is 14.3. The van der Waals surface area contributed by atoms with Gasteiger partial charge in [0.2, 0.25) is 10.0 Å². The van der Waals surface area contributed by atoms with Crippen molar-refractivity contribution in [3.63, 3.8) is 0 Å². The monoisotopic (exact) mass is 371 g/mol. The molecule has 25 heavy (non-hydrogen) atoms. The average Bonchev–Trinajstić information content (AvgIpc) is 2.97. The van der Waals surface area contributed by atoms with Crippen molar-refractivity contribution in [2.75, 3.05) is 17.9 Å². The number of hydrogen-bond donors (Lipinski definition) is 2. The topological polar surface area (TPSA) is 102 Å². The average molecular weight is 371 g/mol. The smallest absolute Gasteiger partial charge is 0.332 e. The molecule has 1 aromatic rings. The van der Waals surface area contributed by atoms with Crippen molar-refractivity contribution in [3.8, 4) is 0 Å². The molecule has 1 heterocycles. The highest BCUT2D eigenvalue weighted by atomic mass is 32.2. The van der Waals surface area contributed by atoms with E-state index in [-0.39, 0.29) is 24.1 Å². The lowest BCUT2D eigenvalue weighted by molar-refractivity contribution is -0.138. The van der Waals surface area contributed by atoms with E-state index in [1.807, 2.05) is 0 Å². The molecule has 2 N–H and O–H groups in total. The van der Waals surface area contributed by atoms with Gasteiger partial charge in [-0.05, 0) is 43.2 Å². The lowest BCUT2D eigenvalue weighted by atomic mass is 9.94. The van der Waals surface area contributed by atoms with Crippen LogP contribution in [0.5, 0.6) is 0 Å². The largest absolute Gasteiger partial charge is 0.478 e. The number of ether oxygens (including phenoxy) is 2. The Hall–Kier alpha value is -1.97. The molecule has 9 heteroatoms. The standard InChI is InChI=1S/C16H18FNO6S/c1-10-8-11(17)2-3-13(10)18-25(21,22)14-4-5-16(23-6-7-24-16)9-12(14)15(19)20/h2-3,8-9,14,18H,4-7H2,1H3,(H,19,20). The van der Waals surface area contributed by atoms with E-state index >= 15 is 0 Å². The number of aliphatic carboxylic acids is 1. The van der Waals surface area contributed by atoms with Gasteiger partial charge in [0, 0.05) is 6.42 Å². The summed E-state index contributed by atoms with van der Waals surface area (Å²) in [5, 5.41) is 8.19. The van der Waals surface area contributed by atoms with Crippen LogP contribution in [0.15, 0.2) is 29.8 Å². The van der Waals surface area contributed by atoms with Crippen molar-refractivity contribution in [2.45, 2.75) is 30.8 Å². The Morgan fingerprint density at radius 3 is 2.64 bits per heavy atom. The van der Waals surface area contributed by atoms with Gasteiger partial charge in [0.25, 0.3) is 0 Å². The quantitative estimate of drug-likeness (QED) is 0.837. The van der Waals surface area contributed by atoms with Crippen LogP contribution in [0.4, 0.5) is 10.1 Å². The molecule has 1 aromatic carbocycles. The Bertz CT molecular complexity index is 829. The summed E-state index contributed by atoms with van der Waals surface area (Å²) >= 11 is 0. The molecule has 0 radical (unpaired) electrons. The molecule has 0 amide bonds. The van der Waals surface area contributed by atoms with Crippen LogP contribution in [0.25, 0.3) is 0 Å². The predicted octanol–water partition coefficient (Wildman–Crippen LogP) is 1.79. The Balaban J connectivity index is 1.92. The van der Waals surface area contributed by atoms with Gasteiger partial charge in [0.1, 0.15) is 11.1 Å². The Kier molecular flexibility index (Phi) is 4.56. The molecule has 1 aliphatic heterocycles. The minimum absolute atomic E-state index is 0.0354. The van der Waals surface area contributed by atoms with Crippen LogP contribution in [0.2, 0.25) is 0 Å². The maximum Gasteiger partial charge on any atom is 0.332 e. The number of carboxylic acid groups (broad SMARTS) is 1. The first-order valence-electron chi connectivity index (χ1n) is 7.74. The second-order valence-corrected chi connectivity index (χ2v) is 7.91. The number of carbonyl (C=O) groups is 1. The summed E-state index contributed by atoms with van der Waals surface area (Å²) in [7, 11) is -4.04. The van der Waals surface area contributed by atoms with E-state index in [9.17, 15) is 22.7 Å². The molecule has 1 unspecified atom stereocenters. The molecule has 1 saturated heterocycles. The molecule has 2 aliphatic rings. The Morgan fingerprint density at radius 2 is 2.04 bits per heavy atom. The molecule has 7 nitrogen and oxygen atoms in total. The number of rotatable bonds is 4. The second kappa shape index (κ2) is 6.40. The number of carboxylic acids is 1. The lowest BCUT2D eigenvalue weighted by Gasteiger charge is -2.32. The maximum atomic E-state index is 13.2. The third kappa shape index (κ3) is 3.53. The number of nitrogens with one attached hydrogen (secondary N) is 1. The predicted molar refractivity (Wildman–Crippen MR) is 87.1 cm³/mol. The highest BCUT2D eigenvalue weighted by molar-refractivity contribution is 7.93. The van der Waals surface area contributed by atoms with E-state index in [0.717, 1.165) is 6.07 Å². The molecule has 3 rings (SSSR count). The van der Waals surface area contributed by atoms with Crippen LogP contribution in [0.1, 0.15) is 18.4 Å². The van der Waals surface area contributed by atoms with Crippen LogP contribution in [-0.2, 0) is 24.3 Å². The minimum Gasteiger partial charge on any atom is -0.478 e. The molecule has 1 atom stereocenters. The summed E-state index contributed by atoms with van der Waals surface area (Å²) < 4.78 is 51.9. The number of halogens is 1. The van der Waals surface area contributed by atoms with Crippen molar-refractivity contribution >= 4 is 21.7 Å². The number of benzene rings is 1. The molecular weight excluding hydrogens is 353 g/mol. The molecule has 1 fully saturated rings. The summed E-state index contributed by atoms with van der Waals surface area (Å²) in [4.78, 5) is 11.6. The van der Waals surface area contributed by atoms with Gasteiger partial charge in [-0.15, -0.1) is 0 Å². The molecule has 0 saturated carbocycles. The third-order valence-electron chi connectivity index (χ3n) is 4.32. The van der Waals surface area contributed by atoms with Crippen LogP contribution >= 0.6 is 0 Å². The number of hydrogen-bond acceptors (Lipinski definition) is 5. The first-order valence-corrected chi connectivity index (χ1v) is 9.29. The summed E-state index contributed by atoms with van der Waals surface area (Å²) in [6.45, 7) is 2.21. The fraction of sp³-hybridized carbons (Fsp3) is 0.438. The van der Waals surface area contributed by atoms with Gasteiger partial charge in [0.05, 0.1) is 24.5 Å². The summed E-state index contributed by atoms with van der Waals surface area (Å²) in [5.74, 6) is -2.99. The van der Waals surface area contributed by atoms with Gasteiger partial charge in [-0.2, -0.15) is 0 Å². The maximum absolute atomic E-state index is 13.2. The highest BCUT2D eigenvalue weighted by Gasteiger charge is 2.45. The van der Waals surface area contributed by atoms with Crippen molar-refractivity contribution in [2.24, 2.45) is 0 Å². The van der Waals surface area contributed by atoms with Crippen molar-refractivity contribution in [1.29, 1.82) is 0 Å².